The fourth-order valence-corrected chi connectivity index (χ4v) is 4.47. The summed E-state index contributed by atoms with van der Waals surface area (Å²) in [6.07, 6.45) is 0.610. The highest BCUT2D eigenvalue weighted by Crippen LogP contribution is 2.34. The van der Waals surface area contributed by atoms with Crippen LogP contribution < -0.4 is 5.43 Å². The van der Waals surface area contributed by atoms with Crippen LogP contribution in [-0.4, -0.2) is 64.2 Å². The van der Waals surface area contributed by atoms with Crippen LogP contribution in [-0.2, 0) is 7.05 Å². The van der Waals surface area contributed by atoms with E-state index in [9.17, 15) is 13.9 Å². The Hall–Kier alpha value is -2.78. The van der Waals surface area contributed by atoms with E-state index in [-0.39, 0.29) is 18.4 Å². The number of alkyl halides is 2. The molecule has 4 heterocycles. The highest BCUT2D eigenvalue weighted by atomic mass is 19.3. The van der Waals surface area contributed by atoms with Crippen LogP contribution in [0, 0.1) is 18.8 Å². The molecule has 0 aliphatic carbocycles. The topological polar surface area (TPSA) is 68.4 Å². The molecule has 3 aliphatic rings. The van der Waals surface area contributed by atoms with Crippen LogP contribution in [0.5, 0.6) is 0 Å². The number of allylic oxidation sites excluding steroid dienone is 1. The summed E-state index contributed by atoms with van der Waals surface area (Å²) in [5, 5.41) is 12.4. The second-order valence-corrected chi connectivity index (χ2v) is 8.54. The Labute approximate surface area is 200 Å². The first-order valence-corrected chi connectivity index (χ1v) is 11.9. The lowest BCUT2D eigenvalue weighted by molar-refractivity contribution is 0.0425. The number of hydrogen-bond donors (Lipinski definition) is 2. The molecule has 2 aromatic rings. The molecule has 0 spiro atoms. The van der Waals surface area contributed by atoms with Crippen LogP contribution in [0.15, 0.2) is 52.1 Å². The zero-order valence-corrected chi connectivity index (χ0v) is 20.6. The van der Waals surface area contributed by atoms with Crippen LogP contribution in [0.25, 0.3) is 10.9 Å². The number of fused-ring (bicyclic) bond motifs is 2. The van der Waals surface area contributed by atoms with Gasteiger partial charge in [-0.15, -0.1) is 0 Å². The van der Waals surface area contributed by atoms with E-state index in [4.69, 9.17) is 0 Å². The number of hydrogen-bond acceptors (Lipinski definition) is 6. The number of rotatable bonds is 3. The highest BCUT2D eigenvalue weighted by Gasteiger charge is 2.38. The molecule has 7 nitrogen and oxygen atoms in total. The maximum atomic E-state index is 13.0. The number of aliphatic hydroxyl groups excluding tert-OH is 1. The van der Waals surface area contributed by atoms with E-state index in [1.165, 1.54) is 29.0 Å². The molecule has 1 aromatic carbocycles. The van der Waals surface area contributed by atoms with Crippen molar-refractivity contribution in [3.63, 3.8) is 0 Å². The Balaban J connectivity index is 0.000000209. The first kappa shape index (κ1) is 25.8. The van der Waals surface area contributed by atoms with Gasteiger partial charge >= 0.3 is 0 Å². The van der Waals surface area contributed by atoms with Gasteiger partial charge < -0.3 is 9.67 Å². The van der Waals surface area contributed by atoms with Gasteiger partial charge in [-0.3, -0.25) is 10.3 Å². The molecule has 0 bridgehead atoms. The molecule has 0 amide bonds. The molecule has 0 saturated carbocycles. The quantitative estimate of drug-likeness (QED) is 0.702. The lowest BCUT2D eigenvalue weighted by Gasteiger charge is -2.41. The maximum Gasteiger partial charge on any atom is 0.280 e. The molecule has 1 fully saturated rings. The number of halogens is 2. The number of piperidine rings is 1. The third-order valence-corrected chi connectivity index (χ3v) is 6.51. The van der Waals surface area contributed by atoms with E-state index < -0.39 is 12.7 Å². The van der Waals surface area contributed by atoms with Crippen molar-refractivity contribution in [3.05, 3.63) is 47.8 Å². The average Bonchev–Trinajstić information content (AvgIpc) is 3.45. The standard InChI is InChI=1S/C13H19F2N5O.C10H11N.C2H6/c1-8-2-3-19(7-21)5-9(8)11-4-10(12(14)15)18-13-16-6-17-20(11)13;1-8-7-9-5-3-4-6-10(9)11(8)2;1-2/h4,6,8-9,12-13,21H,2-3,5,7H2,1H3,(H,16,17);3-7H,1-2H3;1-2H3. The fourth-order valence-electron chi connectivity index (χ4n) is 4.47. The molecule has 5 rings (SSSR count). The van der Waals surface area contributed by atoms with Gasteiger partial charge in [-0.25, -0.2) is 23.8 Å². The van der Waals surface area contributed by atoms with Gasteiger partial charge in [0.1, 0.15) is 12.1 Å². The van der Waals surface area contributed by atoms with E-state index in [1.54, 1.807) is 5.01 Å². The summed E-state index contributed by atoms with van der Waals surface area (Å²) in [5.41, 5.74) is 6.13. The maximum absolute atomic E-state index is 13.0. The smallest absolute Gasteiger partial charge is 0.280 e. The Morgan fingerprint density at radius 3 is 2.65 bits per heavy atom. The zero-order valence-electron chi connectivity index (χ0n) is 20.6. The Bertz CT molecular complexity index is 1050. The number of nitrogens with one attached hydrogen (secondary N) is 1. The van der Waals surface area contributed by atoms with Gasteiger partial charge in [0, 0.05) is 43.0 Å². The third-order valence-electron chi connectivity index (χ3n) is 6.51. The van der Waals surface area contributed by atoms with Gasteiger partial charge in [0.15, 0.2) is 0 Å². The first-order chi connectivity index (χ1) is 16.4. The van der Waals surface area contributed by atoms with Crippen LogP contribution >= 0.6 is 0 Å². The summed E-state index contributed by atoms with van der Waals surface area (Å²) in [5.74, 6) is 0.408. The zero-order chi connectivity index (χ0) is 24.8. The highest BCUT2D eigenvalue weighted by molar-refractivity contribution is 5.99. The number of aromatic nitrogens is 1. The summed E-state index contributed by atoms with van der Waals surface area (Å²) < 4.78 is 28.3. The van der Waals surface area contributed by atoms with Gasteiger partial charge in [0.25, 0.3) is 6.43 Å². The first-order valence-electron chi connectivity index (χ1n) is 11.9. The van der Waals surface area contributed by atoms with Crippen molar-refractivity contribution in [2.45, 2.75) is 46.8 Å². The monoisotopic (exact) mass is 474 g/mol. The van der Waals surface area contributed by atoms with Gasteiger partial charge in [-0.05, 0) is 42.9 Å². The van der Waals surface area contributed by atoms with Gasteiger partial charge in [0.2, 0.25) is 6.29 Å². The van der Waals surface area contributed by atoms with Crippen molar-refractivity contribution in [3.8, 4) is 0 Å². The molecule has 1 saturated heterocycles. The van der Waals surface area contributed by atoms with Gasteiger partial charge in [-0.2, -0.15) is 0 Å². The number of aliphatic hydroxyl groups is 1. The number of aliphatic imine (C=N–C) groups is 2. The van der Waals surface area contributed by atoms with Crippen LogP contribution in [0.4, 0.5) is 8.78 Å². The molecular weight excluding hydrogens is 438 g/mol. The predicted molar refractivity (Wildman–Crippen MR) is 134 cm³/mol. The predicted octanol–water partition coefficient (Wildman–Crippen LogP) is 4.14. The van der Waals surface area contributed by atoms with Gasteiger partial charge in [-0.1, -0.05) is 39.0 Å². The van der Waals surface area contributed by atoms with Crippen molar-refractivity contribution in [2.75, 3.05) is 19.8 Å². The van der Waals surface area contributed by atoms with Crippen LogP contribution in [0.2, 0.25) is 0 Å². The van der Waals surface area contributed by atoms with E-state index in [0.29, 0.717) is 12.5 Å². The van der Waals surface area contributed by atoms with E-state index in [2.05, 4.69) is 71.2 Å². The SMILES string of the molecule is CC.CC1CCN(CO)CC1C1=CC(C(F)F)=NC2N=CNN12.Cc1cc2ccccc2n1C. The molecule has 3 unspecified atom stereocenters. The van der Waals surface area contributed by atoms with Crippen molar-refractivity contribution in [1.82, 2.24) is 19.9 Å². The minimum atomic E-state index is -2.61. The summed E-state index contributed by atoms with van der Waals surface area (Å²) in [6, 6.07) is 10.6. The molecule has 186 valence electrons. The third kappa shape index (κ3) is 5.47. The Morgan fingerprint density at radius 1 is 1.24 bits per heavy atom. The average molecular weight is 475 g/mol. The van der Waals surface area contributed by atoms with Gasteiger partial charge in [0.05, 0.1) is 6.73 Å². The Kier molecular flexibility index (Phi) is 8.79. The summed E-state index contributed by atoms with van der Waals surface area (Å²) in [6.45, 7) is 9.69. The summed E-state index contributed by atoms with van der Waals surface area (Å²) >= 11 is 0. The Morgan fingerprint density at radius 2 is 1.97 bits per heavy atom. The normalized spacial score (nSPS) is 23.9. The van der Waals surface area contributed by atoms with Crippen molar-refractivity contribution >= 4 is 23.0 Å². The van der Waals surface area contributed by atoms with Crippen molar-refractivity contribution in [1.29, 1.82) is 0 Å². The lowest BCUT2D eigenvalue weighted by atomic mass is 9.83. The second kappa shape index (κ2) is 11.6. The molecule has 9 heteroatoms. The van der Waals surface area contributed by atoms with E-state index in [0.717, 1.165) is 18.7 Å². The van der Waals surface area contributed by atoms with Crippen molar-refractivity contribution in [2.24, 2.45) is 28.9 Å². The number of likely N-dealkylation sites (tertiary alicyclic amines) is 1. The molecular formula is C25H36F2N6O. The van der Waals surface area contributed by atoms with Crippen molar-refractivity contribution < 1.29 is 13.9 Å². The molecule has 0 radical (unpaired) electrons. The fraction of sp³-hybridized carbons (Fsp3) is 0.520. The van der Waals surface area contributed by atoms with E-state index in [1.807, 2.05) is 18.7 Å². The largest absolute Gasteiger partial charge is 0.381 e. The van der Waals surface area contributed by atoms with Crippen LogP contribution in [0.3, 0.4) is 0 Å². The minimum absolute atomic E-state index is 0.0142. The van der Waals surface area contributed by atoms with Crippen LogP contribution in [0.1, 0.15) is 32.9 Å². The number of hydrazine groups is 1. The number of benzene rings is 1. The number of nitrogens with zero attached hydrogens (tertiary/aromatic N) is 5. The molecule has 34 heavy (non-hydrogen) atoms. The molecule has 3 atom stereocenters. The summed E-state index contributed by atoms with van der Waals surface area (Å²) in [7, 11) is 2.09. The molecule has 2 N–H and O–H groups in total. The summed E-state index contributed by atoms with van der Waals surface area (Å²) in [4.78, 5) is 9.93. The minimum Gasteiger partial charge on any atom is -0.381 e. The lowest BCUT2D eigenvalue weighted by Crippen LogP contribution is -2.49. The molecule has 3 aliphatic heterocycles. The number of para-hydroxylation sites is 1. The number of aryl methyl sites for hydroxylation is 2. The van der Waals surface area contributed by atoms with E-state index >= 15 is 0 Å². The second-order valence-electron chi connectivity index (χ2n) is 8.54. The molecule has 1 aromatic heterocycles.